The highest BCUT2D eigenvalue weighted by Gasteiger charge is 2.25. The number of hydrogen-bond acceptors (Lipinski definition) is 3. The zero-order valence-corrected chi connectivity index (χ0v) is 8.55. The van der Waals surface area contributed by atoms with Crippen molar-refractivity contribution >= 4 is 21.9 Å². The maximum Gasteiger partial charge on any atom is 0.339 e. The lowest BCUT2D eigenvalue weighted by Crippen LogP contribution is -1.94. The van der Waals surface area contributed by atoms with Gasteiger partial charge in [-0.15, -0.1) is 0 Å². The monoisotopic (exact) mass is 242 g/mol. The topological polar surface area (TPSA) is 35.5 Å². The number of esters is 1. The van der Waals surface area contributed by atoms with E-state index in [9.17, 15) is 4.79 Å². The van der Waals surface area contributed by atoms with Crippen LogP contribution in [-0.4, -0.2) is 13.1 Å². The molecule has 3 nitrogen and oxygen atoms in total. The number of methoxy groups -OCH3 is 1. The molecular weight excluding hydrogens is 236 g/mol. The minimum Gasteiger partial charge on any atom is -0.496 e. The summed E-state index contributed by atoms with van der Waals surface area (Å²) in [6.07, 6.45) is 0. The number of fused-ring (bicyclic) bond motifs is 1. The average molecular weight is 243 g/mol. The molecule has 1 aliphatic rings. The summed E-state index contributed by atoms with van der Waals surface area (Å²) < 4.78 is 10.8. The van der Waals surface area contributed by atoms with Gasteiger partial charge >= 0.3 is 5.97 Å². The van der Waals surface area contributed by atoms with Crippen molar-refractivity contribution in [3.63, 3.8) is 0 Å². The van der Waals surface area contributed by atoms with Crippen LogP contribution in [0.15, 0.2) is 16.6 Å². The highest BCUT2D eigenvalue weighted by Crippen LogP contribution is 2.32. The molecule has 0 N–H and O–H groups in total. The molecule has 0 atom stereocenters. The molecule has 0 radical (unpaired) electrons. The third kappa shape index (κ3) is 1.31. The largest absolute Gasteiger partial charge is 0.496 e. The molecule has 68 valence electrons. The van der Waals surface area contributed by atoms with Gasteiger partial charge in [-0.05, 0) is 12.1 Å². The first-order valence-corrected chi connectivity index (χ1v) is 4.55. The number of cyclic esters (lactones) is 1. The minimum absolute atomic E-state index is 0.283. The second-order valence-electron chi connectivity index (χ2n) is 2.71. The average Bonchev–Trinajstić information content (AvgIpc) is 2.47. The van der Waals surface area contributed by atoms with E-state index in [1.807, 2.05) is 6.07 Å². The molecule has 0 saturated carbocycles. The van der Waals surface area contributed by atoms with Crippen molar-refractivity contribution in [3.05, 3.63) is 27.7 Å². The van der Waals surface area contributed by atoms with Gasteiger partial charge in [0.1, 0.15) is 12.4 Å². The SMILES string of the molecule is COc1cc(Br)cc2c1COC2=O. The van der Waals surface area contributed by atoms with Crippen LogP contribution in [-0.2, 0) is 11.3 Å². The van der Waals surface area contributed by atoms with Crippen LogP contribution in [0.1, 0.15) is 15.9 Å². The number of halogens is 1. The Hall–Kier alpha value is -1.03. The first-order valence-electron chi connectivity index (χ1n) is 3.76. The molecule has 0 aromatic heterocycles. The van der Waals surface area contributed by atoms with Gasteiger partial charge in [-0.25, -0.2) is 4.79 Å². The molecule has 2 rings (SSSR count). The number of benzene rings is 1. The van der Waals surface area contributed by atoms with Crippen LogP contribution in [0.4, 0.5) is 0 Å². The first-order chi connectivity index (χ1) is 6.22. The summed E-state index contributed by atoms with van der Waals surface area (Å²) in [6, 6.07) is 3.56. The van der Waals surface area contributed by atoms with Gasteiger partial charge in [-0.3, -0.25) is 0 Å². The van der Waals surface area contributed by atoms with E-state index in [1.54, 1.807) is 13.2 Å². The summed E-state index contributed by atoms with van der Waals surface area (Å²) in [4.78, 5) is 11.2. The van der Waals surface area contributed by atoms with Crippen molar-refractivity contribution in [1.82, 2.24) is 0 Å². The second kappa shape index (κ2) is 3.03. The van der Waals surface area contributed by atoms with Gasteiger partial charge in [0, 0.05) is 10.0 Å². The fourth-order valence-electron chi connectivity index (χ4n) is 1.34. The number of rotatable bonds is 1. The van der Waals surface area contributed by atoms with Crippen molar-refractivity contribution in [2.75, 3.05) is 7.11 Å². The molecule has 13 heavy (non-hydrogen) atoms. The molecule has 0 aliphatic carbocycles. The van der Waals surface area contributed by atoms with Crippen LogP contribution in [0.3, 0.4) is 0 Å². The van der Waals surface area contributed by atoms with Crippen LogP contribution in [0.5, 0.6) is 5.75 Å². The maximum atomic E-state index is 11.2. The summed E-state index contributed by atoms with van der Waals surface area (Å²) >= 11 is 3.30. The highest BCUT2D eigenvalue weighted by molar-refractivity contribution is 9.10. The summed E-state index contributed by atoms with van der Waals surface area (Å²) in [5, 5.41) is 0. The van der Waals surface area contributed by atoms with Gasteiger partial charge in [0.2, 0.25) is 0 Å². The van der Waals surface area contributed by atoms with Gasteiger partial charge < -0.3 is 9.47 Å². The summed E-state index contributed by atoms with van der Waals surface area (Å²) in [5.74, 6) is 0.407. The van der Waals surface area contributed by atoms with Crippen molar-refractivity contribution in [1.29, 1.82) is 0 Å². The Kier molecular flexibility index (Phi) is 2.00. The Labute approximate surface area is 83.8 Å². The van der Waals surface area contributed by atoms with E-state index in [0.717, 1.165) is 10.0 Å². The Morgan fingerprint density at radius 3 is 3.00 bits per heavy atom. The molecule has 4 heteroatoms. The fraction of sp³-hybridized carbons (Fsp3) is 0.222. The van der Waals surface area contributed by atoms with Gasteiger partial charge in [0.25, 0.3) is 0 Å². The molecule has 1 heterocycles. The fourth-order valence-corrected chi connectivity index (χ4v) is 1.78. The standard InChI is InChI=1S/C9H7BrO3/c1-12-8-3-5(10)2-6-7(8)4-13-9(6)11/h2-3H,4H2,1H3. The van der Waals surface area contributed by atoms with E-state index in [1.165, 1.54) is 0 Å². The van der Waals surface area contributed by atoms with Crippen LogP contribution in [0, 0.1) is 0 Å². The minimum atomic E-state index is -0.283. The zero-order chi connectivity index (χ0) is 9.42. The van der Waals surface area contributed by atoms with E-state index >= 15 is 0 Å². The van der Waals surface area contributed by atoms with E-state index in [4.69, 9.17) is 9.47 Å². The molecule has 0 amide bonds. The molecule has 0 spiro atoms. The van der Waals surface area contributed by atoms with Gasteiger partial charge in [-0.1, -0.05) is 15.9 Å². The van der Waals surface area contributed by atoms with Crippen LogP contribution in [0.2, 0.25) is 0 Å². The lowest BCUT2D eigenvalue weighted by molar-refractivity contribution is 0.0534. The van der Waals surface area contributed by atoms with E-state index in [-0.39, 0.29) is 5.97 Å². The van der Waals surface area contributed by atoms with Crippen molar-refractivity contribution in [3.8, 4) is 5.75 Å². The van der Waals surface area contributed by atoms with Gasteiger partial charge in [0.15, 0.2) is 0 Å². The van der Waals surface area contributed by atoms with Crippen LogP contribution >= 0.6 is 15.9 Å². The second-order valence-corrected chi connectivity index (χ2v) is 3.63. The molecule has 1 aromatic rings. The third-order valence-electron chi connectivity index (χ3n) is 1.96. The zero-order valence-electron chi connectivity index (χ0n) is 6.96. The number of carbonyl (C=O) groups excluding carboxylic acids is 1. The number of carbonyl (C=O) groups is 1. The smallest absolute Gasteiger partial charge is 0.339 e. The molecule has 0 fully saturated rings. The Morgan fingerprint density at radius 1 is 1.54 bits per heavy atom. The summed E-state index contributed by atoms with van der Waals surface area (Å²) in [6.45, 7) is 0.310. The quantitative estimate of drug-likeness (QED) is 0.708. The van der Waals surface area contributed by atoms with Crippen LogP contribution < -0.4 is 4.74 Å². The van der Waals surface area contributed by atoms with Gasteiger partial charge in [-0.2, -0.15) is 0 Å². The molecule has 1 aromatic carbocycles. The Balaban J connectivity index is 2.63. The summed E-state index contributed by atoms with van der Waals surface area (Å²) in [5.41, 5.74) is 1.42. The summed E-state index contributed by atoms with van der Waals surface area (Å²) in [7, 11) is 1.57. The first kappa shape index (κ1) is 8.56. The molecule has 1 aliphatic heterocycles. The molecule has 0 unspecified atom stereocenters. The van der Waals surface area contributed by atoms with Crippen molar-refractivity contribution in [2.24, 2.45) is 0 Å². The highest BCUT2D eigenvalue weighted by atomic mass is 79.9. The number of hydrogen-bond donors (Lipinski definition) is 0. The lowest BCUT2D eigenvalue weighted by atomic mass is 10.1. The number of ether oxygens (including phenoxy) is 2. The van der Waals surface area contributed by atoms with Crippen LogP contribution in [0.25, 0.3) is 0 Å². The molecule has 0 saturated heterocycles. The lowest BCUT2D eigenvalue weighted by Gasteiger charge is -2.04. The third-order valence-corrected chi connectivity index (χ3v) is 2.42. The normalized spacial score (nSPS) is 13.8. The van der Waals surface area contributed by atoms with E-state index in [0.29, 0.717) is 17.9 Å². The van der Waals surface area contributed by atoms with E-state index < -0.39 is 0 Å². The Bertz CT molecular complexity index is 373. The molecular formula is C9H7BrO3. The maximum absolute atomic E-state index is 11.2. The Morgan fingerprint density at radius 2 is 2.31 bits per heavy atom. The van der Waals surface area contributed by atoms with E-state index in [2.05, 4.69) is 15.9 Å². The van der Waals surface area contributed by atoms with Gasteiger partial charge in [0.05, 0.1) is 12.7 Å². The molecule has 0 bridgehead atoms. The predicted molar refractivity (Wildman–Crippen MR) is 49.8 cm³/mol. The van der Waals surface area contributed by atoms with Crippen molar-refractivity contribution in [2.45, 2.75) is 6.61 Å². The van der Waals surface area contributed by atoms with Crippen molar-refractivity contribution < 1.29 is 14.3 Å². The predicted octanol–water partition coefficient (Wildman–Crippen LogP) is 2.13.